The summed E-state index contributed by atoms with van der Waals surface area (Å²) in [5, 5.41) is 2.95. The minimum absolute atomic E-state index is 0.0271. The molecule has 1 amide bonds. The summed E-state index contributed by atoms with van der Waals surface area (Å²) in [6.07, 6.45) is 0. The molecule has 0 fully saturated rings. The fraction of sp³-hybridized carbons (Fsp3) is 0.278. The molecule has 3 nitrogen and oxygen atoms in total. The number of aryl methyl sites for hydroxylation is 2. The Bertz CT molecular complexity index is 605. The fourth-order valence-corrected chi connectivity index (χ4v) is 2.22. The van der Waals surface area contributed by atoms with E-state index in [0.29, 0.717) is 5.75 Å². The van der Waals surface area contributed by atoms with Crippen molar-refractivity contribution in [1.29, 1.82) is 0 Å². The predicted molar refractivity (Wildman–Crippen MR) is 84.4 cm³/mol. The Hall–Kier alpha value is -2.29. The molecule has 21 heavy (non-hydrogen) atoms. The second kappa shape index (κ2) is 6.93. The average Bonchev–Trinajstić information content (AvgIpc) is 2.47. The van der Waals surface area contributed by atoms with Gasteiger partial charge in [0.15, 0.2) is 6.61 Å². The van der Waals surface area contributed by atoms with Gasteiger partial charge in [0.05, 0.1) is 6.04 Å². The van der Waals surface area contributed by atoms with Gasteiger partial charge >= 0.3 is 0 Å². The molecule has 0 radical (unpaired) electrons. The SMILES string of the molecule is Cc1ccc(OCC(=O)NC(C)c2ccccc2C)cc1. The third kappa shape index (κ3) is 4.35. The van der Waals surface area contributed by atoms with Crippen LogP contribution in [0.5, 0.6) is 5.75 Å². The van der Waals surface area contributed by atoms with E-state index in [1.54, 1.807) is 0 Å². The minimum Gasteiger partial charge on any atom is -0.484 e. The maximum atomic E-state index is 11.9. The molecule has 2 aromatic rings. The topological polar surface area (TPSA) is 38.3 Å². The zero-order chi connectivity index (χ0) is 15.2. The van der Waals surface area contributed by atoms with E-state index >= 15 is 0 Å². The lowest BCUT2D eigenvalue weighted by molar-refractivity contribution is -0.123. The standard InChI is InChI=1S/C18H21NO2/c1-13-8-10-16(11-9-13)21-12-18(20)19-15(3)17-7-5-4-6-14(17)2/h4-11,15H,12H2,1-3H3,(H,19,20). The number of amides is 1. The molecule has 0 saturated carbocycles. The molecule has 0 aliphatic rings. The van der Waals surface area contributed by atoms with Gasteiger partial charge in [-0.25, -0.2) is 0 Å². The molecule has 2 aromatic carbocycles. The van der Waals surface area contributed by atoms with Crippen LogP contribution in [0, 0.1) is 13.8 Å². The summed E-state index contributed by atoms with van der Waals surface area (Å²) in [5.74, 6) is 0.589. The van der Waals surface area contributed by atoms with E-state index in [4.69, 9.17) is 4.74 Å². The highest BCUT2D eigenvalue weighted by Crippen LogP contribution is 2.16. The number of hydrogen-bond donors (Lipinski definition) is 1. The Morgan fingerprint density at radius 3 is 2.43 bits per heavy atom. The predicted octanol–water partition coefficient (Wildman–Crippen LogP) is 3.56. The lowest BCUT2D eigenvalue weighted by atomic mass is 10.0. The van der Waals surface area contributed by atoms with Gasteiger partial charge in [-0.2, -0.15) is 0 Å². The van der Waals surface area contributed by atoms with Crippen molar-refractivity contribution < 1.29 is 9.53 Å². The number of carbonyl (C=O) groups excluding carboxylic acids is 1. The highest BCUT2D eigenvalue weighted by molar-refractivity contribution is 5.78. The van der Waals surface area contributed by atoms with Crippen LogP contribution >= 0.6 is 0 Å². The monoisotopic (exact) mass is 283 g/mol. The molecule has 0 bridgehead atoms. The second-order valence-electron chi connectivity index (χ2n) is 5.25. The van der Waals surface area contributed by atoms with Crippen LogP contribution in [0.3, 0.4) is 0 Å². The Labute approximate surface area is 126 Å². The molecular weight excluding hydrogens is 262 g/mol. The van der Waals surface area contributed by atoms with Crippen LogP contribution in [0.15, 0.2) is 48.5 Å². The van der Waals surface area contributed by atoms with Crippen LogP contribution in [0.25, 0.3) is 0 Å². The van der Waals surface area contributed by atoms with E-state index in [-0.39, 0.29) is 18.6 Å². The summed E-state index contributed by atoms with van der Waals surface area (Å²) in [5.41, 5.74) is 3.46. The maximum Gasteiger partial charge on any atom is 0.258 e. The molecule has 0 aliphatic heterocycles. The van der Waals surface area contributed by atoms with Gasteiger partial charge in [-0.3, -0.25) is 4.79 Å². The Morgan fingerprint density at radius 1 is 1.10 bits per heavy atom. The number of ether oxygens (including phenoxy) is 1. The largest absolute Gasteiger partial charge is 0.484 e. The highest BCUT2D eigenvalue weighted by Gasteiger charge is 2.11. The first-order chi connectivity index (χ1) is 10.1. The summed E-state index contributed by atoms with van der Waals surface area (Å²) in [6, 6.07) is 15.7. The number of hydrogen-bond acceptors (Lipinski definition) is 2. The number of benzene rings is 2. The summed E-state index contributed by atoms with van der Waals surface area (Å²) in [6.45, 7) is 6.06. The first kappa shape index (κ1) is 15.1. The van der Waals surface area contributed by atoms with Gasteiger partial charge in [0, 0.05) is 0 Å². The molecule has 0 aromatic heterocycles. The first-order valence-corrected chi connectivity index (χ1v) is 7.10. The van der Waals surface area contributed by atoms with E-state index in [0.717, 1.165) is 5.56 Å². The van der Waals surface area contributed by atoms with E-state index in [9.17, 15) is 4.79 Å². The van der Waals surface area contributed by atoms with Crippen molar-refractivity contribution in [1.82, 2.24) is 5.32 Å². The van der Waals surface area contributed by atoms with Crippen LogP contribution in [-0.4, -0.2) is 12.5 Å². The van der Waals surface area contributed by atoms with Crippen molar-refractivity contribution in [2.45, 2.75) is 26.8 Å². The summed E-state index contributed by atoms with van der Waals surface area (Å²) >= 11 is 0. The number of nitrogens with one attached hydrogen (secondary N) is 1. The molecule has 2 rings (SSSR count). The van der Waals surface area contributed by atoms with Crippen LogP contribution in [0.2, 0.25) is 0 Å². The lowest BCUT2D eigenvalue weighted by Crippen LogP contribution is -2.31. The zero-order valence-corrected chi connectivity index (χ0v) is 12.7. The summed E-state index contributed by atoms with van der Waals surface area (Å²) in [4.78, 5) is 11.9. The molecule has 0 aliphatic carbocycles. The zero-order valence-electron chi connectivity index (χ0n) is 12.7. The van der Waals surface area contributed by atoms with E-state index in [2.05, 4.69) is 5.32 Å². The lowest BCUT2D eigenvalue weighted by Gasteiger charge is -2.16. The van der Waals surface area contributed by atoms with Crippen molar-refractivity contribution in [3.8, 4) is 5.75 Å². The highest BCUT2D eigenvalue weighted by atomic mass is 16.5. The molecule has 1 N–H and O–H groups in total. The average molecular weight is 283 g/mol. The van der Waals surface area contributed by atoms with Gasteiger partial charge in [0.1, 0.15) is 5.75 Å². The molecule has 0 heterocycles. The molecule has 110 valence electrons. The molecule has 1 atom stereocenters. The third-order valence-electron chi connectivity index (χ3n) is 3.42. The van der Waals surface area contributed by atoms with Crippen LogP contribution < -0.4 is 10.1 Å². The van der Waals surface area contributed by atoms with Crippen LogP contribution in [-0.2, 0) is 4.79 Å². The van der Waals surface area contributed by atoms with Gasteiger partial charge < -0.3 is 10.1 Å². The molecule has 1 unspecified atom stereocenters. The number of rotatable bonds is 5. The summed E-state index contributed by atoms with van der Waals surface area (Å²) in [7, 11) is 0. The molecule has 0 spiro atoms. The number of carbonyl (C=O) groups is 1. The van der Waals surface area contributed by atoms with Crippen molar-refractivity contribution >= 4 is 5.91 Å². The molecule has 0 saturated heterocycles. The quantitative estimate of drug-likeness (QED) is 0.911. The van der Waals surface area contributed by atoms with Gasteiger partial charge in [0.25, 0.3) is 5.91 Å². The Morgan fingerprint density at radius 2 is 1.76 bits per heavy atom. The second-order valence-corrected chi connectivity index (χ2v) is 5.25. The molecular formula is C18H21NO2. The molecule has 3 heteroatoms. The maximum absolute atomic E-state index is 11.9. The van der Waals surface area contributed by atoms with E-state index in [1.807, 2.05) is 69.3 Å². The van der Waals surface area contributed by atoms with Gasteiger partial charge in [-0.1, -0.05) is 42.0 Å². The fourth-order valence-electron chi connectivity index (χ4n) is 2.22. The van der Waals surface area contributed by atoms with Crippen LogP contribution in [0.1, 0.15) is 29.7 Å². The summed E-state index contributed by atoms with van der Waals surface area (Å²) < 4.78 is 5.48. The van der Waals surface area contributed by atoms with Gasteiger partial charge in [-0.15, -0.1) is 0 Å². The Balaban J connectivity index is 1.87. The van der Waals surface area contributed by atoms with E-state index < -0.39 is 0 Å². The minimum atomic E-state index is -0.119. The normalized spacial score (nSPS) is 11.8. The Kier molecular flexibility index (Phi) is 4.99. The smallest absolute Gasteiger partial charge is 0.258 e. The van der Waals surface area contributed by atoms with Crippen molar-refractivity contribution in [2.24, 2.45) is 0 Å². The van der Waals surface area contributed by atoms with Crippen LogP contribution in [0.4, 0.5) is 0 Å². The first-order valence-electron chi connectivity index (χ1n) is 7.10. The third-order valence-corrected chi connectivity index (χ3v) is 3.42. The van der Waals surface area contributed by atoms with Crippen molar-refractivity contribution in [2.75, 3.05) is 6.61 Å². The van der Waals surface area contributed by atoms with Gasteiger partial charge in [0.2, 0.25) is 0 Å². The van der Waals surface area contributed by atoms with Gasteiger partial charge in [-0.05, 0) is 44.0 Å². The van der Waals surface area contributed by atoms with Crippen molar-refractivity contribution in [3.05, 3.63) is 65.2 Å². The van der Waals surface area contributed by atoms with Crippen molar-refractivity contribution in [3.63, 3.8) is 0 Å². The van der Waals surface area contributed by atoms with E-state index in [1.165, 1.54) is 11.1 Å².